The molecule has 0 aromatic carbocycles. The molecular formula is C12H20N4O3. The van der Waals surface area contributed by atoms with Gasteiger partial charge in [-0.05, 0) is 12.8 Å². The molecule has 1 aromatic heterocycles. The summed E-state index contributed by atoms with van der Waals surface area (Å²) in [4.78, 5) is 11.9. The van der Waals surface area contributed by atoms with Gasteiger partial charge in [0.1, 0.15) is 0 Å². The van der Waals surface area contributed by atoms with E-state index in [1.54, 1.807) is 13.2 Å². The van der Waals surface area contributed by atoms with E-state index >= 15 is 0 Å². The third kappa shape index (κ3) is 3.51. The molecule has 1 aromatic rings. The van der Waals surface area contributed by atoms with Crippen molar-refractivity contribution in [3.63, 3.8) is 0 Å². The fourth-order valence-electron chi connectivity index (χ4n) is 2.44. The molecule has 1 aliphatic carbocycles. The maximum Gasteiger partial charge on any atom is 0.273 e. The zero-order valence-electron chi connectivity index (χ0n) is 11.1. The van der Waals surface area contributed by atoms with Gasteiger partial charge in [-0.3, -0.25) is 9.48 Å². The van der Waals surface area contributed by atoms with Crippen molar-refractivity contribution >= 4 is 5.91 Å². The van der Waals surface area contributed by atoms with Gasteiger partial charge in [-0.25, -0.2) is 0 Å². The molecule has 0 aliphatic heterocycles. The Morgan fingerprint density at radius 1 is 1.58 bits per heavy atom. The second kappa shape index (κ2) is 6.12. The van der Waals surface area contributed by atoms with Crippen LogP contribution in [0.3, 0.4) is 0 Å². The molecule has 0 atom stereocenters. The first-order valence-corrected chi connectivity index (χ1v) is 6.55. The van der Waals surface area contributed by atoms with E-state index in [4.69, 9.17) is 9.84 Å². The Labute approximate surface area is 111 Å². The summed E-state index contributed by atoms with van der Waals surface area (Å²) in [5, 5.41) is 19.2. The van der Waals surface area contributed by atoms with Gasteiger partial charge in [0, 0.05) is 13.6 Å². The van der Waals surface area contributed by atoms with Crippen molar-refractivity contribution in [2.75, 3.05) is 19.8 Å². The van der Waals surface area contributed by atoms with E-state index in [9.17, 15) is 4.79 Å². The van der Waals surface area contributed by atoms with Crippen molar-refractivity contribution in [2.24, 2.45) is 7.05 Å². The van der Waals surface area contributed by atoms with E-state index in [0.717, 1.165) is 25.7 Å². The van der Waals surface area contributed by atoms with Gasteiger partial charge in [0.05, 0.1) is 25.0 Å². The highest BCUT2D eigenvalue weighted by atomic mass is 16.5. The molecule has 0 saturated heterocycles. The highest BCUT2D eigenvalue weighted by molar-refractivity contribution is 5.91. The van der Waals surface area contributed by atoms with Gasteiger partial charge in [-0.1, -0.05) is 18.1 Å². The smallest absolute Gasteiger partial charge is 0.273 e. The maximum absolute atomic E-state index is 11.9. The number of aromatic nitrogens is 3. The molecule has 2 N–H and O–H groups in total. The van der Waals surface area contributed by atoms with Crippen molar-refractivity contribution in [1.82, 2.24) is 20.3 Å². The van der Waals surface area contributed by atoms with Crippen LogP contribution in [0.25, 0.3) is 0 Å². The minimum Gasteiger partial charge on any atom is -0.394 e. The van der Waals surface area contributed by atoms with Crippen molar-refractivity contribution in [1.29, 1.82) is 0 Å². The zero-order valence-corrected chi connectivity index (χ0v) is 11.1. The largest absolute Gasteiger partial charge is 0.394 e. The van der Waals surface area contributed by atoms with Gasteiger partial charge in [0.2, 0.25) is 0 Å². The SMILES string of the molecule is Cn1cc(C(=O)NCC2(OCCO)CCCC2)nn1. The van der Waals surface area contributed by atoms with E-state index in [2.05, 4.69) is 15.6 Å². The van der Waals surface area contributed by atoms with Crippen LogP contribution in [0.1, 0.15) is 36.2 Å². The number of aryl methyl sites for hydroxylation is 1. The van der Waals surface area contributed by atoms with Gasteiger partial charge >= 0.3 is 0 Å². The normalized spacial score (nSPS) is 17.6. The number of rotatable bonds is 6. The van der Waals surface area contributed by atoms with Crippen LogP contribution in [0, 0.1) is 0 Å². The van der Waals surface area contributed by atoms with Crippen LogP contribution in [0.5, 0.6) is 0 Å². The van der Waals surface area contributed by atoms with Gasteiger partial charge in [0.15, 0.2) is 5.69 Å². The molecule has 0 radical (unpaired) electrons. The lowest BCUT2D eigenvalue weighted by Gasteiger charge is -2.29. The number of hydrogen-bond donors (Lipinski definition) is 2. The quantitative estimate of drug-likeness (QED) is 0.750. The van der Waals surface area contributed by atoms with Crippen LogP contribution in [0.2, 0.25) is 0 Å². The minimum absolute atomic E-state index is 0.000142. The van der Waals surface area contributed by atoms with Gasteiger partial charge in [-0.2, -0.15) is 0 Å². The molecule has 1 saturated carbocycles. The fourth-order valence-corrected chi connectivity index (χ4v) is 2.44. The van der Waals surface area contributed by atoms with Gasteiger partial charge < -0.3 is 15.2 Å². The molecule has 0 unspecified atom stereocenters. The van der Waals surface area contributed by atoms with Crippen molar-refractivity contribution in [3.8, 4) is 0 Å². The van der Waals surface area contributed by atoms with Crippen LogP contribution in [0.4, 0.5) is 0 Å². The molecule has 1 amide bonds. The number of carbonyl (C=O) groups excluding carboxylic acids is 1. The lowest BCUT2D eigenvalue weighted by molar-refractivity contribution is -0.0511. The fraction of sp³-hybridized carbons (Fsp3) is 0.750. The first-order valence-electron chi connectivity index (χ1n) is 6.55. The molecule has 2 rings (SSSR count). The zero-order chi connectivity index (χ0) is 13.7. The van der Waals surface area contributed by atoms with Crippen molar-refractivity contribution in [2.45, 2.75) is 31.3 Å². The van der Waals surface area contributed by atoms with Crippen molar-refractivity contribution < 1.29 is 14.6 Å². The molecule has 1 heterocycles. The first kappa shape index (κ1) is 14.0. The Hall–Kier alpha value is -1.47. The molecule has 7 heteroatoms. The number of hydrogen-bond acceptors (Lipinski definition) is 5. The Balaban J connectivity index is 1.90. The van der Waals surface area contributed by atoms with Crippen LogP contribution in [-0.2, 0) is 11.8 Å². The van der Waals surface area contributed by atoms with Gasteiger partial charge in [0.25, 0.3) is 5.91 Å². The van der Waals surface area contributed by atoms with Crippen LogP contribution >= 0.6 is 0 Å². The summed E-state index contributed by atoms with van der Waals surface area (Å²) in [5.74, 6) is -0.244. The van der Waals surface area contributed by atoms with Crippen LogP contribution < -0.4 is 5.32 Å². The van der Waals surface area contributed by atoms with E-state index in [0.29, 0.717) is 18.8 Å². The number of ether oxygens (including phenoxy) is 1. The lowest BCUT2D eigenvalue weighted by Crippen LogP contribution is -2.43. The molecule has 7 nitrogen and oxygen atoms in total. The number of amides is 1. The predicted molar refractivity (Wildman–Crippen MR) is 67.6 cm³/mol. The monoisotopic (exact) mass is 268 g/mol. The lowest BCUT2D eigenvalue weighted by atomic mass is 10.0. The average molecular weight is 268 g/mol. The summed E-state index contributed by atoms with van der Waals surface area (Å²) in [6.45, 7) is 0.753. The third-order valence-corrected chi connectivity index (χ3v) is 3.42. The van der Waals surface area contributed by atoms with E-state index < -0.39 is 0 Å². The summed E-state index contributed by atoms with van der Waals surface area (Å²) < 4.78 is 7.21. The summed E-state index contributed by atoms with van der Waals surface area (Å²) >= 11 is 0. The second-order valence-corrected chi connectivity index (χ2v) is 4.92. The van der Waals surface area contributed by atoms with Crippen LogP contribution in [0.15, 0.2) is 6.20 Å². The highest BCUT2D eigenvalue weighted by Gasteiger charge is 2.35. The molecule has 19 heavy (non-hydrogen) atoms. The summed E-state index contributed by atoms with van der Waals surface area (Å²) in [6.07, 6.45) is 5.58. The molecule has 1 fully saturated rings. The first-order chi connectivity index (χ1) is 9.15. The van der Waals surface area contributed by atoms with Crippen molar-refractivity contribution in [3.05, 3.63) is 11.9 Å². The standard InChI is InChI=1S/C12H20N4O3/c1-16-8-10(14-15-16)11(18)13-9-12(19-7-6-17)4-2-3-5-12/h8,17H,2-7,9H2,1H3,(H,13,18). The Morgan fingerprint density at radius 3 is 2.89 bits per heavy atom. The van der Waals surface area contributed by atoms with Crippen LogP contribution in [-0.4, -0.2) is 51.4 Å². The van der Waals surface area contributed by atoms with E-state index in [1.807, 2.05) is 0 Å². The molecule has 106 valence electrons. The minimum atomic E-state index is -0.333. The third-order valence-electron chi connectivity index (χ3n) is 3.42. The summed E-state index contributed by atoms with van der Waals surface area (Å²) in [5.41, 5.74) is -0.0292. The number of aliphatic hydroxyl groups excluding tert-OH is 1. The highest BCUT2D eigenvalue weighted by Crippen LogP contribution is 2.32. The topological polar surface area (TPSA) is 89.3 Å². The number of nitrogens with one attached hydrogen (secondary N) is 1. The maximum atomic E-state index is 11.9. The second-order valence-electron chi connectivity index (χ2n) is 4.92. The number of carbonyl (C=O) groups is 1. The number of nitrogens with zero attached hydrogens (tertiary/aromatic N) is 3. The summed E-state index contributed by atoms with van der Waals surface area (Å²) in [6, 6.07) is 0. The average Bonchev–Trinajstić information content (AvgIpc) is 3.03. The summed E-state index contributed by atoms with van der Waals surface area (Å²) in [7, 11) is 1.71. The Morgan fingerprint density at radius 2 is 2.32 bits per heavy atom. The Kier molecular flexibility index (Phi) is 4.49. The van der Waals surface area contributed by atoms with Gasteiger partial charge in [-0.15, -0.1) is 5.10 Å². The Bertz CT molecular complexity index is 426. The van der Waals surface area contributed by atoms with E-state index in [-0.39, 0.29) is 18.1 Å². The molecular weight excluding hydrogens is 248 g/mol. The molecule has 1 aliphatic rings. The van der Waals surface area contributed by atoms with E-state index in [1.165, 1.54) is 4.68 Å². The molecule has 0 bridgehead atoms. The number of aliphatic hydroxyl groups is 1. The predicted octanol–water partition coefficient (Wildman–Crippen LogP) is -0.133. The molecule has 0 spiro atoms.